The van der Waals surface area contributed by atoms with Crippen LogP contribution >= 0.6 is 0 Å². The van der Waals surface area contributed by atoms with Gasteiger partial charge in [-0.2, -0.15) is 0 Å². The van der Waals surface area contributed by atoms with E-state index in [-0.39, 0.29) is 16.5 Å². The molecular weight excluding hydrogens is 1250 g/mol. The number of benzene rings is 2. The van der Waals surface area contributed by atoms with Crippen LogP contribution in [0.1, 0.15) is 495 Å². The van der Waals surface area contributed by atoms with Gasteiger partial charge in [0, 0.05) is 42.2 Å². The molecule has 0 atom stereocenters. The van der Waals surface area contributed by atoms with Crippen LogP contribution in [0.5, 0.6) is 0 Å². The molecule has 0 N–H and O–H groups in total. The van der Waals surface area contributed by atoms with Gasteiger partial charge in [-0.15, -0.1) is 23.7 Å². The molecule has 2 nitrogen and oxygen atoms in total. The summed E-state index contributed by atoms with van der Waals surface area (Å²) in [6.07, 6.45) is 104. The first-order valence-electron chi connectivity index (χ1n) is 45.1. The summed E-state index contributed by atoms with van der Waals surface area (Å²) in [5.74, 6) is 14.3. The zero-order valence-electron chi connectivity index (χ0n) is 67.6. The van der Waals surface area contributed by atoms with Crippen LogP contribution in [0.3, 0.4) is 0 Å². The van der Waals surface area contributed by atoms with Crippen molar-refractivity contribution >= 4 is 22.8 Å². The van der Waals surface area contributed by atoms with Gasteiger partial charge in [-0.05, 0) is 80.7 Å². The van der Waals surface area contributed by atoms with E-state index in [0.29, 0.717) is 0 Å². The second kappa shape index (κ2) is 80.2. The van der Waals surface area contributed by atoms with E-state index in [0.717, 1.165) is 87.0 Å². The topological polar surface area (TPSA) is 24.7 Å². The molecule has 0 aliphatic carbocycles. The zero-order valence-corrected chi connectivity index (χ0v) is 68.6. The van der Waals surface area contributed by atoms with Gasteiger partial charge in [0.05, 0.1) is 22.8 Å². The van der Waals surface area contributed by atoms with Gasteiger partial charge < -0.3 is 0 Å². The molecule has 0 aliphatic heterocycles. The fourth-order valence-electron chi connectivity index (χ4n) is 14.6. The molecule has 3 heteroatoms. The average Bonchev–Trinajstić information content (AvgIpc) is 0.873. The van der Waals surface area contributed by atoms with Gasteiger partial charge >= 0.3 is 0 Å². The van der Waals surface area contributed by atoms with E-state index in [4.69, 9.17) is 9.98 Å². The predicted octanol–water partition coefficient (Wildman–Crippen LogP) is 34.0. The van der Waals surface area contributed by atoms with E-state index in [1.54, 1.807) is 0 Å². The normalized spacial score (nSPS) is 11.8. The van der Waals surface area contributed by atoms with Crippen LogP contribution in [-0.4, -0.2) is 11.4 Å². The van der Waals surface area contributed by atoms with Crippen molar-refractivity contribution in [1.82, 2.24) is 0 Å². The van der Waals surface area contributed by atoms with Crippen molar-refractivity contribution in [2.75, 3.05) is 0 Å². The van der Waals surface area contributed by atoms with E-state index in [1.165, 1.54) is 416 Å². The van der Waals surface area contributed by atoms with E-state index in [2.05, 4.69) is 112 Å². The SMILES string of the molecule is CCCCCCCCCCCCCCCCCCCCCC=CC(=Nc1ccccc1CCC#CCCCCCCCCCCCCCCCCCCCCCCCC)C(CCCC)=Nc1ccccc1CCC#CCCCCCCCCCCCCCCCCCCCCCCCC.[Ni]. The molecule has 100 heavy (non-hydrogen) atoms. The Morgan fingerprint density at radius 3 is 0.770 bits per heavy atom. The summed E-state index contributed by atoms with van der Waals surface area (Å²) in [4.78, 5) is 11.1. The maximum absolute atomic E-state index is 5.57. The summed E-state index contributed by atoms with van der Waals surface area (Å²) in [6.45, 7) is 9.24. The fraction of sp³-hybridized carbons (Fsp3) is 0.794. The molecule has 0 amide bonds. The van der Waals surface area contributed by atoms with Gasteiger partial charge in [-0.1, -0.05) is 462 Å². The van der Waals surface area contributed by atoms with Crippen molar-refractivity contribution in [3.8, 4) is 23.7 Å². The van der Waals surface area contributed by atoms with Gasteiger partial charge in [0.1, 0.15) is 0 Å². The minimum Gasteiger partial charge on any atom is -0.251 e. The number of unbranched alkanes of at least 4 members (excludes halogenated alkanes) is 64. The molecule has 0 unspecified atom stereocenters. The van der Waals surface area contributed by atoms with Crippen LogP contribution in [0.25, 0.3) is 0 Å². The third-order valence-corrected chi connectivity index (χ3v) is 21.4. The third kappa shape index (κ3) is 64.7. The summed E-state index contributed by atoms with van der Waals surface area (Å²) < 4.78 is 0. The molecule has 2 aromatic rings. The zero-order chi connectivity index (χ0) is 70.4. The van der Waals surface area contributed by atoms with Crippen molar-refractivity contribution in [2.45, 2.75) is 496 Å². The predicted molar refractivity (Wildman–Crippen MR) is 450 cm³/mol. The molecule has 0 radical (unpaired) electrons. The van der Waals surface area contributed by atoms with E-state index >= 15 is 0 Å². The fourth-order valence-corrected chi connectivity index (χ4v) is 14.6. The molecule has 0 fully saturated rings. The number of para-hydroxylation sites is 2. The van der Waals surface area contributed by atoms with Crippen LogP contribution < -0.4 is 0 Å². The molecule has 576 valence electrons. The molecule has 2 aromatic carbocycles. The first-order chi connectivity index (χ1) is 49.2. The van der Waals surface area contributed by atoms with Crippen molar-refractivity contribution in [2.24, 2.45) is 9.98 Å². The van der Waals surface area contributed by atoms with E-state index in [9.17, 15) is 0 Å². The molecular formula is C97H168N2Ni. The minimum absolute atomic E-state index is 0. The molecule has 0 saturated carbocycles. The minimum atomic E-state index is 0. The van der Waals surface area contributed by atoms with Crippen LogP contribution in [0.4, 0.5) is 11.4 Å². The van der Waals surface area contributed by atoms with Crippen molar-refractivity contribution in [3.05, 3.63) is 71.8 Å². The number of aryl methyl sites for hydroxylation is 2. The van der Waals surface area contributed by atoms with E-state index in [1.807, 2.05) is 0 Å². The quantitative estimate of drug-likeness (QED) is 0.0273. The number of hydrogen-bond acceptors (Lipinski definition) is 2. The Morgan fingerprint density at radius 2 is 0.490 bits per heavy atom. The molecule has 0 aromatic heterocycles. The van der Waals surface area contributed by atoms with Gasteiger partial charge in [0.15, 0.2) is 0 Å². The molecule has 0 bridgehead atoms. The van der Waals surface area contributed by atoms with Crippen molar-refractivity contribution in [1.29, 1.82) is 0 Å². The van der Waals surface area contributed by atoms with Crippen molar-refractivity contribution < 1.29 is 16.5 Å². The van der Waals surface area contributed by atoms with E-state index < -0.39 is 0 Å². The van der Waals surface area contributed by atoms with Gasteiger partial charge in [-0.25, -0.2) is 4.99 Å². The second-order valence-corrected chi connectivity index (χ2v) is 31.0. The Hall–Kier alpha value is -2.87. The third-order valence-electron chi connectivity index (χ3n) is 21.4. The average molecular weight is 1420 g/mol. The van der Waals surface area contributed by atoms with Crippen LogP contribution in [0, 0.1) is 23.7 Å². The number of nitrogens with zero attached hydrogens (tertiary/aromatic N) is 2. The van der Waals surface area contributed by atoms with Crippen LogP contribution in [-0.2, 0) is 29.3 Å². The summed E-state index contributed by atoms with van der Waals surface area (Å²) in [7, 11) is 0. The second-order valence-electron chi connectivity index (χ2n) is 31.0. The smallest absolute Gasteiger partial charge is 0.0848 e. The Labute approximate surface area is 637 Å². The monoisotopic (exact) mass is 1420 g/mol. The van der Waals surface area contributed by atoms with Gasteiger partial charge in [0.2, 0.25) is 0 Å². The largest absolute Gasteiger partial charge is 0.251 e. The van der Waals surface area contributed by atoms with Gasteiger partial charge in [0.25, 0.3) is 0 Å². The Balaban J connectivity index is 0.0000500. The summed E-state index contributed by atoms with van der Waals surface area (Å²) in [5, 5.41) is 0. The molecule has 0 aliphatic rings. The Kier molecular flexibility index (Phi) is 76.3. The first-order valence-corrected chi connectivity index (χ1v) is 45.1. The van der Waals surface area contributed by atoms with Crippen molar-refractivity contribution in [3.63, 3.8) is 0 Å². The van der Waals surface area contributed by atoms with Crippen LogP contribution in [0.15, 0.2) is 70.7 Å². The Bertz CT molecular complexity index is 2210. The van der Waals surface area contributed by atoms with Crippen LogP contribution in [0.2, 0.25) is 0 Å². The number of allylic oxidation sites excluding steroid dienone is 2. The first kappa shape index (κ1) is 95.1. The summed E-state index contributed by atoms with van der Waals surface area (Å²) in [6, 6.07) is 17.7. The maximum Gasteiger partial charge on any atom is 0.0848 e. The molecule has 0 saturated heterocycles. The Morgan fingerprint density at radius 1 is 0.260 bits per heavy atom. The van der Waals surface area contributed by atoms with Gasteiger partial charge in [-0.3, -0.25) is 4.99 Å². The molecule has 0 heterocycles. The standard InChI is InChI=1S/C97H168N2.Ni/c1-5-9-13-16-19-22-25-28-31-34-37-40-42-44-46-48-51-53-56-59-62-65-68-71-74-77-84-92-86-80-82-89-94(92)98-96(88-12-8-4)97(91-79-76-73-70-67-64-61-58-55-50-39-36-33-30-27-24-21-18-15-11-7-3)99-95-90-83-81-87-93(95)85-78-75-72-69-66-63-60-57-54-52-49-47-45-43-41-38-35-32-29-26-23-20-17-14-10-6-2;/h79-83,86-87,89-91H,5-70,73,76-78,84-85,88H2,1-4H3;. The summed E-state index contributed by atoms with van der Waals surface area (Å²) in [5.41, 5.74) is 6.87. The number of aliphatic imine (C=N–C) groups is 2. The number of rotatable bonds is 75. The number of hydrogen-bond donors (Lipinski definition) is 0. The molecule has 0 spiro atoms. The summed E-state index contributed by atoms with van der Waals surface area (Å²) >= 11 is 0. The molecule has 2 rings (SSSR count). The maximum atomic E-state index is 5.57.